The highest BCUT2D eigenvalue weighted by molar-refractivity contribution is 7.11. The highest BCUT2D eigenvalue weighted by Gasteiger charge is 2.27. The van der Waals surface area contributed by atoms with Gasteiger partial charge in [0.15, 0.2) is 0 Å². The van der Waals surface area contributed by atoms with Crippen LogP contribution in [0.5, 0.6) is 0 Å². The standard InChI is InChI=1S/C15H18N4O2S/c1-10-14(22-11(2)18-10)7-15(20)19-5-6-21-13(9-19)12-8-16-3-4-17-12/h3-4,8,13H,5-7,9H2,1-2H3/t13-/m0/s1. The Morgan fingerprint density at radius 2 is 2.32 bits per heavy atom. The molecule has 1 aliphatic rings. The summed E-state index contributed by atoms with van der Waals surface area (Å²) in [5.74, 6) is 0.115. The molecule has 3 rings (SSSR count). The molecule has 1 amide bonds. The van der Waals surface area contributed by atoms with E-state index in [-0.39, 0.29) is 12.0 Å². The third-order valence-electron chi connectivity index (χ3n) is 3.64. The van der Waals surface area contributed by atoms with E-state index in [1.165, 1.54) is 0 Å². The summed E-state index contributed by atoms with van der Waals surface area (Å²) >= 11 is 1.59. The zero-order valence-electron chi connectivity index (χ0n) is 12.7. The van der Waals surface area contributed by atoms with Gasteiger partial charge in [0.2, 0.25) is 5.91 Å². The summed E-state index contributed by atoms with van der Waals surface area (Å²) in [6.07, 6.45) is 5.17. The fourth-order valence-corrected chi connectivity index (χ4v) is 3.45. The molecule has 22 heavy (non-hydrogen) atoms. The summed E-state index contributed by atoms with van der Waals surface area (Å²) in [6, 6.07) is 0. The van der Waals surface area contributed by atoms with E-state index in [1.54, 1.807) is 29.9 Å². The number of carbonyl (C=O) groups excluding carboxylic acids is 1. The third kappa shape index (κ3) is 3.31. The van der Waals surface area contributed by atoms with Crippen molar-refractivity contribution >= 4 is 17.2 Å². The Morgan fingerprint density at radius 1 is 1.45 bits per heavy atom. The van der Waals surface area contributed by atoms with Crippen LogP contribution in [-0.4, -0.2) is 45.5 Å². The number of carbonyl (C=O) groups is 1. The second kappa shape index (κ2) is 6.50. The van der Waals surface area contributed by atoms with Crippen LogP contribution in [0.1, 0.15) is 27.4 Å². The Bertz CT molecular complexity index is 659. The van der Waals surface area contributed by atoms with Gasteiger partial charge in [0.25, 0.3) is 0 Å². The summed E-state index contributed by atoms with van der Waals surface area (Å²) in [4.78, 5) is 28.1. The van der Waals surface area contributed by atoms with Crippen LogP contribution in [0.3, 0.4) is 0 Å². The van der Waals surface area contributed by atoms with Crippen LogP contribution in [0.15, 0.2) is 18.6 Å². The molecule has 2 aromatic heterocycles. The molecule has 1 atom stereocenters. The number of ether oxygens (including phenoxy) is 1. The first kappa shape index (κ1) is 15.1. The number of aryl methyl sites for hydroxylation is 2. The maximum atomic E-state index is 12.5. The molecule has 1 saturated heterocycles. The lowest BCUT2D eigenvalue weighted by Crippen LogP contribution is -2.43. The number of nitrogens with zero attached hydrogens (tertiary/aromatic N) is 4. The predicted molar refractivity (Wildman–Crippen MR) is 82.6 cm³/mol. The number of amides is 1. The highest BCUT2D eigenvalue weighted by atomic mass is 32.1. The van der Waals surface area contributed by atoms with E-state index in [4.69, 9.17) is 4.74 Å². The van der Waals surface area contributed by atoms with Gasteiger partial charge in [-0.2, -0.15) is 0 Å². The molecular formula is C15H18N4O2S. The van der Waals surface area contributed by atoms with Gasteiger partial charge < -0.3 is 9.64 Å². The Balaban J connectivity index is 1.67. The van der Waals surface area contributed by atoms with Crippen molar-refractivity contribution in [1.82, 2.24) is 19.9 Å². The van der Waals surface area contributed by atoms with Crippen LogP contribution in [0.2, 0.25) is 0 Å². The van der Waals surface area contributed by atoms with Crippen molar-refractivity contribution in [3.05, 3.63) is 39.9 Å². The molecule has 2 aromatic rings. The van der Waals surface area contributed by atoms with Crippen molar-refractivity contribution in [1.29, 1.82) is 0 Å². The molecule has 0 radical (unpaired) electrons. The van der Waals surface area contributed by atoms with Gasteiger partial charge in [-0.05, 0) is 13.8 Å². The summed E-state index contributed by atoms with van der Waals surface area (Å²) in [5, 5.41) is 1.000. The monoisotopic (exact) mass is 318 g/mol. The summed E-state index contributed by atoms with van der Waals surface area (Å²) in [5.41, 5.74) is 1.72. The van der Waals surface area contributed by atoms with Gasteiger partial charge in [0, 0.05) is 23.8 Å². The molecule has 0 aliphatic carbocycles. The highest BCUT2D eigenvalue weighted by Crippen LogP contribution is 2.22. The van der Waals surface area contributed by atoms with Gasteiger partial charge in [-0.25, -0.2) is 4.98 Å². The number of morpholine rings is 1. The van der Waals surface area contributed by atoms with E-state index < -0.39 is 0 Å². The Kier molecular flexibility index (Phi) is 4.44. The second-order valence-electron chi connectivity index (χ2n) is 5.25. The molecule has 3 heterocycles. The van der Waals surface area contributed by atoms with Crippen molar-refractivity contribution < 1.29 is 9.53 Å². The van der Waals surface area contributed by atoms with Crippen molar-refractivity contribution in [3.8, 4) is 0 Å². The number of rotatable bonds is 3. The lowest BCUT2D eigenvalue weighted by molar-refractivity contribution is -0.138. The van der Waals surface area contributed by atoms with E-state index in [9.17, 15) is 4.79 Å². The van der Waals surface area contributed by atoms with E-state index >= 15 is 0 Å². The van der Waals surface area contributed by atoms with Gasteiger partial charge in [-0.15, -0.1) is 11.3 Å². The number of aromatic nitrogens is 3. The molecule has 7 heteroatoms. The van der Waals surface area contributed by atoms with Crippen molar-refractivity contribution in [2.24, 2.45) is 0 Å². The quantitative estimate of drug-likeness (QED) is 0.861. The fraction of sp³-hybridized carbons (Fsp3) is 0.467. The summed E-state index contributed by atoms with van der Waals surface area (Å²) < 4.78 is 5.72. The van der Waals surface area contributed by atoms with Crippen LogP contribution < -0.4 is 0 Å². The van der Waals surface area contributed by atoms with Crippen LogP contribution in [0.4, 0.5) is 0 Å². The first-order chi connectivity index (χ1) is 10.6. The average Bonchev–Trinajstić information content (AvgIpc) is 2.86. The van der Waals surface area contributed by atoms with Gasteiger partial charge >= 0.3 is 0 Å². The summed E-state index contributed by atoms with van der Waals surface area (Å²) in [7, 11) is 0. The second-order valence-corrected chi connectivity index (χ2v) is 6.54. The first-order valence-corrected chi connectivity index (χ1v) is 8.03. The zero-order valence-corrected chi connectivity index (χ0v) is 13.5. The molecular weight excluding hydrogens is 300 g/mol. The molecule has 1 aliphatic heterocycles. The number of thiazole rings is 1. The van der Waals surface area contributed by atoms with E-state index in [1.807, 2.05) is 18.7 Å². The molecule has 116 valence electrons. The van der Waals surface area contributed by atoms with Crippen LogP contribution in [-0.2, 0) is 16.0 Å². The summed E-state index contributed by atoms with van der Waals surface area (Å²) in [6.45, 7) is 5.58. The molecule has 0 saturated carbocycles. The number of hydrogen-bond acceptors (Lipinski definition) is 6. The minimum Gasteiger partial charge on any atom is -0.368 e. The zero-order chi connectivity index (χ0) is 15.5. The van der Waals surface area contributed by atoms with E-state index in [0.717, 1.165) is 21.3 Å². The average molecular weight is 318 g/mol. The van der Waals surface area contributed by atoms with Crippen LogP contribution >= 0.6 is 11.3 Å². The predicted octanol–water partition coefficient (Wildman–Crippen LogP) is 1.69. The molecule has 0 aromatic carbocycles. The SMILES string of the molecule is Cc1nc(C)c(CC(=O)N2CCO[C@H](c3cnccn3)C2)s1. The van der Waals surface area contributed by atoms with Gasteiger partial charge in [0.05, 0.1) is 42.2 Å². The Hall–Kier alpha value is -1.86. The fourth-order valence-electron chi connectivity index (χ4n) is 2.52. The molecule has 0 spiro atoms. The van der Waals surface area contributed by atoms with E-state index in [0.29, 0.717) is 26.1 Å². The third-order valence-corrected chi connectivity index (χ3v) is 4.72. The topological polar surface area (TPSA) is 68.2 Å². The minimum absolute atomic E-state index is 0.115. The van der Waals surface area contributed by atoms with Gasteiger partial charge in [-0.1, -0.05) is 0 Å². The minimum atomic E-state index is -0.198. The molecule has 1 fully saturated rings. The smallest absolute Gasteiger partial charge is 0.228 e. The molecule has 6 nitrogen and oxygen atoms in total. The van der Waals surface area contributed by atoms with Crippen LogP contribution in [0.25, 0.3) is 0 Å². The maximum absolute atomic E-state index is 12.5. The van der Waals surface area contributed by atoms with Crippen LogP contribution in [0, 0.1) is 13.8 Å². The number of hydrogen-bond donors (Lipinski definition) is 0. The van der Waals surface area contributed by atoms with Gasteiger partial charge in [-0.3, -0.25) is 14.8 Å². The van der Waals surface area contributed by atoms with Crippen molar-refractivity contribution in [2.45, 2.75) is 26.4 Å². The molecule has 0 unspecified atom stereocenters. The largest absolute Gasteiger partial charge is 0.368 e. The first-order valence-electron chi connectivity index (χ1n) is 7.21. The lowest BCUT2D eigenvalue weighted by atomic mass is 10.2. The van der Waals surface area contributed by atoms with E-state index in [2.05, 4.69) is 15.0 Å². The van der Waals surface area contributed by atoms with Crippen molar-refractivity contribution in [2.75, 3.05) is 19.7 Å². The maximum Gasteiger partial charge on any atom is 0.228 e. The Labute approximate surface area is 133 Å². The molecule has 0 N–H and O–H groups in total. The Morgan fingerprint density at radius 3 is 3.00 bits per heavy atom. The van der Waals surface area contributed by atoms with Gasteiger partial charge in [0.1, 0.15) is 6.10 Å². The lowest BCUT2D eigenvalue weighted by Gasteiger charge is -2.32. The van der Waals surface area contributed by atoms with Crippen molar-refractivity contribution in [3.63, 3.8) is 0 Å². The normalized spacial score (nSPS) is 18.5. The molecule has 0 bridgehead atoms.